The highest BCUT2D eigenvalue weighted by atomic mass is 19.1. The Hall–Kier alpha value is -4.08. The lowest BCUT2D eigenvalue weighted by atomic mass is 10.0. The zero-order chi connectivity index (χ0) is 23.2. The van der Waals surface area contributed by atoms with Crippen molar-refractivity contribution in [1.82, 2.24) is 24.5 Å². The van der Waals surface area contributed by atoms with E-state index in [9.17, 15) is 14.0 Å². The van der Waals surface area contributed by atoms with Gasteiger partial charge in [0.15, 0.2) is 5.65 Å². The second kappa shape index (κ2) is 8.05. The summed E-state index contributed by atoms with van der Waals surface area (Å²) in [4.78, 5) is 45.0. The fourth-order valence-corrected chi connectivity index (χ4v) is 5.01. The number of aromatic nitrogens is 5. The fourth-order valence-electron chi connectivity index (χ4n) is 5.01. The van der Waals surface area contributed by atoms with Crippen LogP contribution in [0.5, 0.6) is 0 Å². The predicted octanol–water partition coefficient (Wildman–Crippen LogP) is 2.70. The van der Waals surface area contributed by atoms with Gasteiger partial charge >= 0.3 is 5.69 Å². The number of H-pyrrole nitrogens is 1. The number of hydrogen-bond donors (Lipinski definition) is 1. The predicted molar refractivity (Wildman–Crippen MR) is 125 cm³/mol. The Morgan fingerprint density at radius 3 is 2.76 bits per heavy atom. The van der Waals surface area contributed by atoms with E-state index in [1.807, 2.05) is 12.1 Å². The molecule has 34 heavy (non-hydrogen) atoms. The van der Waals surface area contributed by atoms with Crippen molar-refractivity contribution < 1.29 is 9.18 Å². The average molecular weight is 459 g/mol. The fraction of sp³-hybridized carbons (Fsp3) is 0.292. The molecule has 172 valence electrons. The van der Waals surface area contributed by atoms with Gasteiger partial charge in [-0.3, -0.25) is 14.3 Å². The first kappa shape index (κ1) is 20.5. The minimum absolute atomic E-state index is 0.0561. The molecule has 1 fully saturated rings. The molecular weight excluding hydrogens is 437 g/mol. The van der Waals surface area contributed by atoms with Crippen LogP contribution in [-0.4, -0.2) is 50.0 Å². The lowest BCUT2D eigenvalue weighted by molar-refractivity contribution is 0.0984. The van der Waals surface area contributed by atoms with Crippen LogP contribution < -0.4 is 15.5 Å². The highest BCUT2D eigenvalue weighted by Crippen LogP contribution is 2.31. The maximum absolute atomic E-state index is 13.8. The van der Waals surface area contributed by atoms with Gasteiger partial charge in [-0.2, -0.15) is 0 Å². The minimum atomic E-state index is -0.366. The number of halogens is 1. The molecule has 0 unspecified atom stereocenters. The molecule has 0 bridgehead atoms. The summed E-state index contributed by atoms with van der Waals surface area (Å²) in [6.07, 6.45) is 5.26. The van der Waals surface area contributed by atoms with Crippen molar-refractivity contribution >= 4 is 28.6 Å². The topological polar surface area (TPSA) is 100 Å². The first-order chi connectivity index (χ1) is 16.6. The highest BCUT2D eigenvalue weighted by molar-refractivity contribution is 6.06. The lowest BCUT2D eigenvalue weighted by Crippen LogP contribution is -2.37. The third kappa shape index (κ3) is 3.42. The van der Waals surface area contributed by atoms with Crippen molar-refractivity contribution in [2.75, 3.05) is 29.4 Å². The number of fused-ring (bicyclic) bond motifs is 2. The quantitative estimate of drug-likeness (QED) is 0.506. The lowest BCUT2D eigenvalue weighted by Gasteiger charge is -2.33. The van der Waals surface area contributed by atoms with Crippen LogP contribution in [0.2, 0.25) is 0 Å². The van der Waals surface area contributed by atoms with Crippen LogP contribution in [0.25, 0.3) is 11.2 Å². The number of rotatable bonds is 3. The van der Waals surface area contributed by atoms with Gasteiger partial charge in [-0.25, -0.2) is 24.1 Å². The second-order valence-electron chi connectivity index (χ2n) is 8.63. The Morgan fingerprint density at radius 2 is 1.91 bits per heavy atom. The Kier molecular flexibility index (Phi) is 4.86. The number of imidazole rings is 1. The third-order valence-electron chi connectivity index (χ3n) is 6.70. The van der Waals surface area contributed by atoms with Gasteiger partial charge in [0.05, 0.1) is 11.2 Å². The van der Waals surface area contributed by atoms with Gasteiger partial charge in [0, 0.05) is 37.9 Å². The van der Waals surface area contributed by atoms with Crippen LogP contribution >= 0.6 is 0 Å². The number of benzene rings is 1. The van der Waals surface area contributed by atoms with Crippen molar-refractivity contribution in [3.05, 3.63) is 76.5 Å². The van der Waals surface area contributed by atoms with Crippen LogP contribution in [0.1, 0.15) is 34.9 Å². The Morgan fingerprint density at radius 1 is 1.06 bits per heavy atom. The van der Waals surface area contributed by atoms with Gasteiger partial charge in [0.2, 0.25) is 0 Å². The van der Waals surface area contributed by atoms with Gasteiger partial charge in [-0.05, 0) is 49.1 Å². The van der Waals surface area contributed by atoms with Crippen molar-refractivity contribution in [3.8, 4) is 0 Å². The maximum atomic E-state index is 13.8. The summed E-state index contributed by atoms with van der Waals surface area (Å²) in [6, 6.07) is 10.0. The molecular formula is C24H22FN7O2. The van der Waals surface area contributed by atoms with E-state index in [0.29, 0.717) is 43.2 Å². The molecule has 0 radical (unpaired) electrons. The molecule has 1 aromatic carbocycles. The molecule has 3 aromatic heterocycles. The maximum Gasteiger partial charge on any atom is 0.327 e. The van der Waals surface area contributed by atoms with Crippen molar-refractivity contribution in [2.45, 2.75) is 25.3 Å². The summed E-state index contributed by atoms with van der Waals surface area (Å²) in [5.74, 6) is 0.0407. The normalized spacial score (nSPS) is 16.3. The summed E-state index contributed by atoms with van der Waals surface area (Å²) in [7, 11) is 0. The molecule has 9 nitrogen and oxygen atoms in total. The molecule has 0 aliphatic carbocycles. The molecule has 0 spiro atoms. The first-order valence-corrected chi connectivity index (χ1v) is 11.3. The zero-order valence-electron chi connectivity index (χ0n) is 18.3. The molecule has 0 atom stereocenters. The SMILES string of the molecule is O=C(c1cc(N2CCC(n3c(=O)[nH]c4ncccc43)CC2)ncn1)N1CCc2ccc(F)cc21. The Balaban J connectivity index is 1.20. The summed E-state index contributed by atoms with van der Waals surface area (Å²) in [5, 5.41) is 0. The minimum Gasteiger partial charge on any atom is -0.356 e. The van der Waals surface area contributed by atoms with Crippen LogP contribution in [0.3, 0.4) is 0 Å². The van der Waals surface area contributed by atoms with E-state index in [4.69, 9.17) is 0 Å². The second-order valence-corrected chi connectivity index (χ2v) is 8.63. The summed E-state index contributed by atoms with van der Waals surface area (Å²) in [5.41, 5.74) is 3.09. The summed E-state index contributed by atoms with van der Waals surface area (Å²) >= 11 is 0. The van der Waals surface area contributed by atoms with E-state index in [2.05, 4.69) is 24.8 Å². The van der Waals surface area contributed by atoms with E-state index in [1.54, 1.807) is 27.8 Å². The van der Waals surface area contributed by atoms with Crippen LogP contribution in [0.15, 0.2) is 53.7 Å². The number of hydrogen-bond acceptors (Lipinski definition) is 6. The van der Waals surface area contributed by atoms with Crippen molar-refractivity contribution in [3.63, 3.8) is 0 Å². The largest absolute Gasteiger partial charge is 0.356 e. The molecule has 10 heteroatoms. The van der Waals surface area contributed by atoms with Crippen molar-refractivity contribution in [2.24, 2.45) is 0 Å². The van der Waals surface area contributed by atoms with E-state index >= 15 is 0 Å². The van der Waals surface area contributed by atoms with Gasteiger partial charge in [-0.1, -0.05) is 6.07 Å². The highest BCUT2D eigenvalue weighted by Gasteiger charge is 2.29. The standard InChI is InChI=1S/C24H22FN7O2/c25-16-4-3-15-5-11-31(20(15)12-16)23(33)18-13-21(28-14-27-18)30-9-6-17(7-10-30)32-19-2-1-8-26-22(19)29-24(32)34/h1-4,8,12-14,17H,5-7,9-11H2,(H,26,29,34). The smallest absolute Gasteiger partial charge is 0.327 e. The first-order valence-electron chi connectivity index (χ1n) is 11.3. The number of nitrogens with one attached hydrogen (secondary N) is 1. The molecule has 2 aliphatic heterocycles. The van der Waals surface area contributed by atoms with E-state index in [-0.39, 0.29) is 29.1 Å². The number of pyridine rings is 1. The molecule has 5 heterocycles. The number of carbonyl (C=O) groups is 1. The molecule has 1 saturated heterocycles. The van der Waals surface area contributed by atoms with Gasteiger partial charge in [0.25, 0.3) is 5.91 Å². The number of amides is 1. The molecule has 1 N–H and O–H groups in total. The monoisotopic (exact) mass is 459 g/mol. The number of aromatic amines is 1. The Labute approximate surface area is 193 Å². The van der Waals surface area contributed by atoms with Gasteiger partial charge < -0.3 is 9.80 Å². The molecule has 1 amide bonds. The number of nitrogens with zero attached hydrogens (tertiary/aromatic N) is 6. The Bertz CT molecular complexity index is 1460. The molecule has 2 aliphatic rings. The number of anilines is 2. The third-order valence-corrected chi connectivity index (χ3v) is 6.70. The molecule has 4 aromatic rings. The van der Waals surface area contributed by atoms with Crippen LogP contribution in [0, 0.1) is 5.82 Å². The zero-order valence-corrected chi connectivity index (χ0v) is 18.3. The van der Waals surface area contributed by atoms with Gasteiger partial charge in [0.1, 0.15) is 23.7 Å². The average Bonchev–Trinajstić information content (AvgIpc) is 3.43. The van der Waals surface area contributed by atoms with E-state index < -0.39 is 0 Å². The van der Waals surface area contributed by atoms with E-state index in [0.717, 1.165) is 23.9 Å². The number of piperidine rings is 1. The van der Waals surface area contributed by atoms with E-state index in [1.165, 1.54) is 18.5 Å². The van der Waals surface area contributed by atoms with Crippen molar-refractivity contribution in [1.29, 1.82) is 0 Å². The van der Waals surface area contributed by atoms with Crippen LogP contribution in [-0.2, 0) is 6.42 Å². The molecule has 6 rings (SSSR count). The van der Waals surface area contributed by atoms with Gasteiger partial charge in [-0.15, -0.1) is 0 Å². The summed E-state index contributed by atoms with van der Waals surface area (Å²) < 4.78 is 15.5. The molecule has 0 saturated carbocycles. The summed E-state index contributed by atoms with van der Waals surface area (Å²) in [6.45, 7) is 1.87. The number of carbonyl (C=O) groups excluding carboxylic acids is 1. The van der Waals surface area contributed by atoms with Crippen LogP contribution in [0.4, 0.5) is 15.9 Å².